The molecule has 0 amide bonds. The number of nitrogens with one attached hydrogen (secondary N) is 2. The Kier molecular flexibility index (Phi) is 4.12. The number of nitrogens with zero attached hydrogens (tertiary/aromatic N) is 4. The summed E-state index contributed by atoms with van der Waals surface area (Å²) >= 11 is 0. The van der Waals surface area contributed by atoms with E-state index in [1.54, 1.807) is 12.4 Å². The van der Waals surface area contributed by atoms with Crippen molar-refractivity contribution in [2.24, 2.45) is 0 Å². The Morgan fingerprint density at radius 3 is 3.00 bits per heavy atom. The zero-order chi connectivity index (χ0) is 18.2. The molecule has 1 saturated heterocycles. The predicted octanol–water partition coefficient (Wildman–Crippen LogP) is 2.44. The van der Waals surface area contributed by atoms with Crippen LogP contribution in [0.4, 0.5) is 10.3 Å². The molecule has 7 nitrogen and oxygen atoms in total. The van der Waals surface area contributed by atoms with E-state index in [1.165, 1.54) is 0 Å². The van der Waals surface area contributed by atoms with Crippen molar-refractivity contribution in [1.82, 2.24) is 24.7 Å². The van der Waals surface area contributed by atoms with E-state index in [4.69, 9.17) is 4.74 Å². The molecule has 0 spiro atoms. The second-order valence-corrected chi connectivity index (χ2v) is 7.08. The van der Waals surface area contributed by atoms with Crippen LogP contribution in [0.2, 0.25) is 0 Å². The van der Waals surface area contributed by atoms with Crippen molar-refractivity contribution in [1.29, 1.82) is 0 Å². The van der Waals surface area contributed by atoms with Crippen molar-refractivity contribution >= 4 is 11.6 Å². The molecule has 1 aliphatic heterocycles. The van der Waals surface area contributed by atoms with Crippen molar-refractivity contribution < 1.29 is 9.13 Å². The maximum atomic E-state index is 14.1. The average Bonchev–Trinajstić information content (AvgIpc) is 3.39. The predicted molar refractivity (Wildman–Crippen MR) is 99.7 cm³/mol. The molecule has 3 aromatic heterocycles. The largest absolute Gasteiger partial charge is 0.490 e. The molecule has 4 heterocycles. The molecule has 1 saturated carbocycles. The van der Waals surface area contributed by atoms with Crippen molar-refractivity contribution in [2.75, 3.05) is 18.4 Å². The fourth-order valence-electron chi connectivity index (χ4n) is 3.31. The number of imidazole rings is 1. The quantitative estimate of drug-likeness (QED) is 0.720. The second-order valence-electron chi connectivity index (χ2n) is 7.08. The Morgan fingerprint density at radius 1 is 1.22 bits per heavy atom. The van der Waals surface area contributed by atoms with Gasteiger partial charge in [0.1, 0.15) is 17.6 Å². The summed E-state index contributed by atoms with van der Waals surface area (Å²) in [4.78, 5) is 13.3. The van der Waals surface area contributed by atoms with Crippen LogP contribution in [-0.4, -0.2) is 50.8 Å². The number of aromatic nitrogens is 4. The number of rotatable bonds is 5. The number of pyridine rings is 1. The highest BCUT2D eigenvalue weighted by Crippen LogP contribution is 2.28. The van der Waals surface area contributed by atoms with Crippen molar-refractivity contribution in [3.63, 3.8) is 0 Å². The summed E-state index contributed by atoms with van der Waals surface area (Å²) in [7, 11) is 0. The van der Waals surface area contributed by atoms with Gasteiger partial charge in [-0.05, 0) is 37.9 Å². The zero-order valence-electron chi connectivity index (χ0n) is 14.8. The number of ether oxygens (including phenoxy) is 1. The Bertz CT molecular complexity index is 956. The van der Waals surface area contributed by atoms with Crippen LogP contribution >= 0.6 is 0 Å². The minimum Gasteiger partial charge on any atom is -0.490 e. The number of halogens is 1. The molecular formula is C19H21FN6O. The Morgan fingerprint density at radius 2 is 2.15 bits per heavy atom. The van der Waals surface area contributed by atoms with Crippen LogP contribution in [0, 0.1) is 0 Å². The molecule has 2 N–H and O–H groups in total. The minimum atomic E-state index is -0.904. The number of alkyl halides is 1. The molecule has 5 rings (SSSR count). The number of hydrogen-bond acceptors (Lipinski definition) is 6. The summed E-state index contributed by atoms with van der Waals surface area (Å²) in [6.07, 6.45) is 7.59. The van der Waals surface area contributed by atoms with E-state index in [0.717, 1.165) is 35.6 Å². The highest BCUT2D eigenvalue weighted by atomic mass is 19.1. The van der Waals surface area contributed by atoms with Gasteiger partial charge in [0, 0.05) is 25.0 Å². The monoisotopic (exact) mass is 368 g/mol. The van der Waals surface area contributed by atoms with Gasteiger partial charge in [0.05, 0.1) is 29.7 Å². The van der Waals surface area contributed by atoms with Gasteiger partial charge in [-0.25, -0.2) is 19.3 Å². The van der Waals surface area contributed by atoms with Gasteiger partial charge in [-0.2, -0.15) is 0 Å². The van der Waals surface area contributed by atoms with Gasteiger partial charge in [-0.15, -0.1) is 0 Å². The smallest absolute Gasteiger partial charge is 0.223 e. The molecule has 140 valence electrons. The molecule has 2 aliphatic rings. The van der Waals surface area contributed by atoms with E-state index < -0.39 is 6.17 Å². The first-order chi connectivity index (χ1) is 13.3. The fraction of sp³-hybridized carbons (Fsp3) is 0.421. The maximum absolute atomic E-state index is 14.1. The van der Waals surface area contributed by atoms with Crippen molar-refractivity contribution in [3.05, 3.63) is 36.8 Å². The van der Waals surface area contributed by atoms with E-state index in [0.29, 0.717) is 31.6 Å². The molecule has 3 aromatic rings. The van der Waals surface area contributed by atoms with E-state index in [9.17, 15) is 4.39 Å². The number of piperidine rings is 1. The van der Waals surface area contributed by atoms with Crippen LogP contribution in [0.3, 0.4) is 0 Å². The molecule has 27 heavy (non-hydrogen) atoms. The maximum Gasteiger partial charge on any atom is 0.223 e. The van der Waals surface area contributed by atoms with Gasteiger partial charge in [0.15, 0.2) is 0 Å². The summed E-state index contributed by atoms with van der Waals surface area (Å²) < 4.78 is 21.9. The van der Waals surface area contributed by atoms with Crippen molar-refractivity contribution in [2.45, 2.75) is 37.6 Å². The van der Waals surface area contributed by atoms with Crippen LogP contribution in [0.15, 0.2) is 36.8 Å². The average molecular weight is 368 g/mol. The lowest BCUT2D eigenvalue weighted by Crippen LogP contribution is -2.46. The van der Waals surface area contributed by atoms with Gasteiger partial charge in [0.25, 0.3) is 0 Å². The van der Waals surface area contributed by atoms with Gasteiger partial charge in [-0.1, -0.05) is 0 Å². The molecule has 0 unspecified atom stereocenters. The number of anilines is 1. The highest BCUT2D eigenvalue weighted by Gasteiger charge is 2.25. The Labute approximate surface area is 156 Å². The molecule has 2 fully saturated rings. The topological polar surface area (TPSA) is 76.4 Å². The zero-order valence-corrected chi connectivity index (χ0v) is 14.8. The van der Waals surface area contributed by atoms with Crippen molar-refractivity contribution in [3.8, 4) is 17.1 Å². The third-order valence-electron chi connectivity index (χ3n) is 4.94. The Hall–Kier alpha value is -2.74. The molecule has 0 aromatic carbocycles. The van der Waals surface area contributed by atoms with Crippen LogP contribution in [0.1, 0.15) is 19.3 Å². The third kappa shape index (κ3) is 3.44. The summed E-state index contributed by atoms with van der Waals surface area (Å²) in [6.45, 7) is 1.27. The number of fused-ring (bicyclic) bond motifs is 1. The lowest BCUT2D eigenvalue weighted by Gasteiger charge is -2.27. The first-order valence-corrected chi connectivity index (χ1v) is 9.35. The molecule has 8 heteroatoms. The standard InChI is InChI=1S/C19H21FN6O/c20-14-3-6-21-10-16(14)25-19-22-7-4-15(24-19)17-11-23-18-9-13(5-8-26(17)18)27-12-1-2-12/h4-5,7-9,11-12,14,16,21H,1-3,6,10H2,(H,22,24,25)/t14-,16-/m0/s1. The highest BCUT2D eigenvalue weighted by molar-refractivity contribution is 5.62. The summed E-state index contributed by atoms with van der Waals surface area (Å²) in [5, 5.41) is 6.30. The van der Waals surface area contributed by atoms with Gasteiger partial charge in [0.2, 0.25) is 5.95 Å². The first-order valence-electron chi connectivity index (χ1n) is 9.35. The number of hydrogen-bond donors (Lipinski definition) is 2. The molecular weight excluding hydrogens is 347 g/mol. The van der Waals surface area contributed by atoms with E-state index >= 15 is 0 Å². The first kappa shape index (κ1) is 16.4. The van der Waals surface area contributed by atoms with Gasteiger partial charge in [-0.3, -0.25) is 4.40 Å². The second kappa shape index (κ2) is 6.77. The minimum absolute atomic E-state index is 0.321. The van der Waals surface area contributed by atoms with Gasteiger partial charge < -0.3 is 15.4 Å². The van der Waals surface area contributed by atoms with E-state index in [1.807, 2.05) is 28.8 Å². The fourth-order valence-corrected chi connectivity index (χ4v) is 3.31. The molecule has 1 aliphatic carbocycles. The third-order valence-corrected chi connectivity index (χ3v) is 4.94. The molecule has 0 bridgehead atoms. The SMILES string of the molecule is F[C@H]1CCNC[C@@H]1Nc1nccc(-c2cnc3cc(OC4CC4)ccn23)n1. The summed E-state index contributed by atoms with van der Waals surface area (Å²) in [6, 6.07) is 5.38. The van der Waals surface area contributed by atoms with E-state index in [-0.39, 0.29) is 6.04 Å². The van der Waals surface area contributed by atoms with Gasteiger partial charge >= 0.3 is 0 Å². The Balaban J connectivity index is 1.40. The van der Waals surface area contributed by atoms with Crippen LogP contribution in [0.25, 0.3) is 17.0 Å². The molecule has 0 radical (unpaired) electrons. The lowest BCUT2D eigenvalue weighted by atomic mass is 10.1. The summed E-state index contributed by atoms with van der Waals surface area (Å²) in [5.41, 5.74) is 2.39. The van der Waals surface area contributed by atoms with E-state index in [2.05, 4.69) is 25.6 Å². The van der Waals surface area contributed by atoms with Crippen LogP contribution < -0.4 is 15.4 Å². The van der Waals surface area contributed by atoms with Crippen LogP contribution in [0.5, 0.6) is 5.75 Å². The molecule has 2 atom stereocenters. The summed E-state index contributed by atoms with van der Waals surface area (Å²) in [5.74, 6) is 1.26. The lowest BCUT2D eigenvalue weighted by molar-refractivity contribution is 0.240. The normalized spacial score (nSPS) is 22.7. The van der Waals surface area contributed by atoms with Crippen LogP contribution in [-0.2, 0) is 0 Å².